The molecule has 0 unspecified atom stereocenters. The highest BCUT2D eigenvalue weighted by molar-refractivity contribution is 7.71. The van der Waals surface area contributed by atoms with Crippen molar-refractivity contribution in [3.8, 4) is 6.07 Å². The molecular weight excluding hydrogens is 251 g/mol. The summed E-state index contributed by atoms with van der Waals surface area (Å²) < 4.78 is 38.0. The number of para-hydroxylation sites is 1. The zero-order valence-corrected chi connectivity index (χ0v) is 9.19. The minimum absolute atomic E-state index is 0.0416. The van der Waals surface area contributed by atoms with Crippen LogP contribution in [0.5, 0.6) is 0 Å². The summed E-state index contributed by atoms with van der Waals surface area (Å²) in [6, 6.07) is 6.44. The van der Waals surface area contributed by atoms with E-state index in [4.69, 9.17) is 17.5 Å². The normalized spacial score (nSPS) is 11.6. The van der Waals surface area contributed by atoms with Gasteiger partial charge in [-0.15, -0.1) is 0 Å². The third kappa shape index (κ3) is 2.17. The first kappa shape index (κ1) is 11.7. The Balaban J connectivity index is 2.70. The average Bonchev–Trinajstić information content (AvgIpc) is 2.53. The fourth-order valence-electron chi connectivity index (χ4n) is 1.61. The Morgan fingerprint density at radius 2 is 2.12 bits per heavy atom. The Labute approximate surface area is 99.1 Å². The minimum atomic E-state index is -4.35. The Hall–Kier alpha value is -1.81. The van der Waals surface area contributed by atoms with Crippen LogP contribution in [0, 0.1) is 16.1 Å². The van der Waals surface area contributed by atoms with E-state index in [1.807, 2.05) is 6.07 Å². The summed E-state index contributed by atoms with van der Waals surface area (Å²) in [6.45, 7) is -1.17. The lowest BCUT2D eigenvalue weighted by Crippen LogP contribution is -2.17. The number of rotatable bonds is 1. The highest BCUT2D eigenvalue weighted by atomic mass is 32.1. The largest absolute Gasteiger partial charge is 0.406 e. The maximum atomic E-state index is 12.4. The van der Waals surface area contributed by atoms with Gasteiger partial charge in [-0.05, 0) is 24.4 Å². The van der Waals surface area contributed by atoms with Crippen LogP contribution < -0.4 is 0 Å². The molecular formula is C10H6F3N3S. The van der Waals surface area contributed by atoms with Crippen molar-refractivity contribution >= 4 is 23.3 Å². The van der Waals surface area contributed by atoms with E-state index < -0.39 is 12.7 Å². The third-order valence-electron chi connectivity index (χ3n) is 2.27. The summed E-state index contributed by atoms with van der Waals surface area (Å²) in [6.07, 6.45) is -4.35. The van der Waals surface area contributed by atoms with Gasteiger partial charge in [-0.2, -0.15) is 18.4 Å². The lowest BCUT2D eigenvalue weighted by Gasteiger charge is -2.08. The van der Waals surface area contributed by atoms with E-state index in [1.165, 1.54) is 18.2 Å². The number of hydrogen-bond acceptors (Lipinski definition) is 2. The molecule has 0 bridgehead atoms. The molecule has 88 valence electrons. The fraction of sp³-hybridized carbons (Fsp3) is 0.200. The van der Waals surface area contributed by atoms with Crippen molar-refractivity contribution in [1.29, 1.82) is 5.26 Å². The van der Waals surface area contributed by atoms with E-state index >= 15 is 0 Å². The first-order chi connectivity index (χ1) is 7.92. The molecule has 1 N–H and O–H groups in total. The number of halogens is 3. The molecule has 1 aromatic carbocycles. The van der Waals surface area contributed by atoms with Crippen molar-refractivity contribution in [3.05, 3.63) is 28.5 Å². The second-order valence-corrected chi connectivity index (χ2v) is 3.83. The maximum Gasteiger partial charge on any atom is 0.406 e. The van der Waals surface area contributed by atoms with Crippen LogP contribution in [0.4, 0.5) is 13.2 Å². The molecule has 0 spiro atoms. The highest BCUT2D eigenvalue weighted by Crippen LogP contribution is 2.23. The number of aromatic amines is 1. The lowest BCUT2D eigenvalue weighted by molar-refractivity contribution is -0.140. The standard InChI is InChI=1S/C10H6F3N3S/c11-10(12,13)5-16-7-3-1-2-6(4-14)8(7)15-9(16)17/h1-3H,5H2,(H,15,17). The molecule has 0 aliphatic heterocycles. The maximum absolute atomic E-state index is 12.4. The van der Waals surface area contributed by atoms with Crippen LogP contribution >= 0.6 is 12.2 Å². The van der Waals surface area contributed by atoms with Gasteiger partial charge in [-0.1, -0.05) is 6.07 Å². The molecule has 3 nitrogen and oxygen atoms in total. The van der Waals surface area contributed by atoms with Crippen molar-refractivity contribution in [1.82, 2.24) is 9.55 Å². The predicted octanol–water partition coefficient (Wildman–Crippen LogP) is 3.13. The third-order valence-corrected chi connectivity index (χ3v) is 2.59. The number of fused-ring (bicyclic) bond motifs is 1. The van der Waals surface area contributed by atoms with E-state index in [0.29, 0.717) is 5.52 Å². The molecule has 17 heavy (non-hydrogen) atoms. The van der Waals surface area contributed by atoms with Gasteiger partial charge in [0.2, 0.25) is 0 Å². The zero-order chi connectivity index (χ0) is 12.6. The van der Waals surface area contributed by atoms with Crippen LogP contribution in [0.15, 0.2) is 18.2 Å². The van der Waals surface area contributed by atoms with Crippen molar-refractivity contribution in [2.24, 2.45) is 0 Å². The monoisotopic (exact) mass is 257 g/mol. The van der Waals surface area contributed by atoms with Crippen molar-refractivity contribution in [3.63, 3.8) is 0 Å². The van der Waals surface area contributed by atoms with Gasteiger partial charge in [0.15, 0.2) is 4.77 Å². The molecule has 0 aliphatic carbocycles. The molecule has 0 saturated carbocycles. The topological polar surface area (TPSA) is 44.5 Å². The van der Waals surface area contributed by atoms with Crippen molar-refractivity contribution in [2.75, 3.05) is 0 Å². The van der Waals surface area contributed by atoms with E-state index in [2.05, 4.69) is 4.98 Å². The quantitative estimate of drug-likeness (QED) is 0.798. The number of benzene rings is 1. The summed E-state index contributed by atoms with van der Waals surface area (Å²) in [5.74, 6) is 0. The summed E-state index contributed by atoms with van der Waals surface area (Å²) in [4.78, 5) is 2.62. The Bertz CT molecular complexity index is 660. The van der Waals surface area contributed by atoms with Crippen LogP contribution in [-0.4, -0.2) is 15.7 Å². The summed E-state index contributed by atoms with van der Waals surface area (Å²) in [7, 11) is 0. The molecule has 0 amide bonds. The van der Waals surface area contributed by atoms with Gasteiger partial charge in [-0.3, -0.25) is 0 Å². The fourth-order valence-corrected chi connectivity index (χ4v) is 1.87. The summed E-state index contributed by atoms with van der Waals surface area (Å²) in [5, 5.41) is 8.83. The molecule has 1 heterocycles. The highest BCUT2D eigenvalue weighted by Gasteiger charge is 2.29. The number of nitrogens with zero attached hydrogens (tertiary/aromatic N) is 2. The first-order valence-electron chi connectivity index (χ1n) is 4.61. The van der Waals surface area contributed by atoms with Gasteiger partial charge in [0, 0.05) is 0 Å². The number of alkyl halides is 3. The molecule has 0 fully saturated rings. The second-order valence-electron chi connectivity index (χ2n) is 3.44. The van der Waals surface area contributed by atoms with E-state index in [1.54, 1.807) is 0 Å². The second kappa shape index (κ2) is 3.89. The lowest BCUT2D eigenvalue weighted by atomic mass is 10.2. The SMILES string of the molecule is N#Cc1cccc2c1[nH]c(=S)n2CC(F)(F)F. The van der Waals surface area contributed by atoms with Crippen LogP contribution in [0.2, 0.25) is 0 Å². The number of H-pyrrole nitrogens is 1. The number of hydrogen-bond donors (Lipinski definition) is 1. The molecule has 0 radical (unpaired) electrons. The summed E-state index contributed by atoms with van der Waals surface area (Å²) >= 11 is 4.83. The van der Waals surface area contributed by atoms with Gasteiger partial charge in [0.05, 0.1) is 16.6 Å². The number of imidazole rings is 1. The van der Waals surface area contributed by atoms with Gasteiger partial charge in [0.25, 0.3) is 0 Å². The molecule has 1 aromatic heterocycles. The van der Waals surface area contributed by atoms with Gasteiger partial charge in [-0.25, -0.2) is 0 Å². The van der Waals surface area contributed by atoms with Gasteiger partial charge >= 0.3 is 6.18 Å². The Morgan fingerprint density at radius 1 is 1.41 bits per heavy atom. The minimum Gasteiger partial charge on any atom is -0.329 e. The number of aromatic nitrogens is 2. The zero-order valence-electron chi connectivity index (χ0n) is 8.38. The number of nitrogens with one attached hydrogen (secondary N) is 1. The van der Waals surface area contributed by atoms with Crippen LogP contribution in [0.3, 0.4) is 0 Å². The van der Waals surface area contributed by atoms with Crippen LogP contribution in [0.1, 0.15) is 5.56 Å². The van der Waals surface area contributed by atoms with Crippen molar-refractivity contribution in [2.45, 2.75) is 12.7 Å². The average molecular weight is 257 g/mol. The number of nitriles is 1. The van der Waals surface area contributed by atoms with E-state index in [-0.39, 0.29) is 15.9 Å². The molecule has 7 heteroatoms. The molecule has 0 aliphatic rings. The van der Waals surface area contributed by atoms with E-state index in [9.17, 15) is 13.2 Å². The van der Waals surface area contributed by atoms with E-state index in [0.717, 1.165) is 4.57 Å². The predicted molar refractivity (Wildman–Crippen MR) is 57.9 cm³/mol. The van der Waals surface area contributed by atoms with Crippen molar-refractivity contribution < 1.29 is 13.2 Å². The Kier molecular flexibility index (Phi) is 2.67. The van der Waals surface area contributed by atoms with Gasteiger partial charge < -0.3 is 9.55 Å². The molecule has 0 atom stereocenters. The van der Waals surface area contributed by atoms with Gasteiger partial charge in [0.1, 0.15) is 12.6 Å². The Morgan fingerprint density at radius 3 is 2.71 bits per heavy atom. The molecule has 2 rings (SSSR count). The first-order valence-corrected chi connectivity index (χ1v) is 5.01. The molecule has 2 aromatic rings. The van der Waals surface area contributed by atoms with Crippen LogP contribution in [-0.2, 0) is 6.54 Å². The smallest absolute Gasteiger partial charge is 0.329 e. The molecule has 0 saturated heterocycles. The summed E-state index contributed by atoms with van der Waals surface area (Å²) in [5.41, 5.74) is 0.894. The van der Waals surface area contributed by atoms with Crippen LogP contribution in [0.25, 0.3) is 11.0 Å².